The van der Waals surface area contributed by atoms with Gasteiger partial charge in [-0.25, -0.2) is 13.1 Å². The summed E-state index contributed by atoms with van der Waals surface area (Å²) in [5, 5.41) is 0. The topological polar surface area (TPSA) is 64.6 Å². The van der Waals surface area contributed by atoms with Gasteiger partial charge in [0.2, 0.25) is 10.0 Å². The van der Waals surface area contributed by atoms with E-state index in [1.165, 1.54) is 6.42 Å². The van der Waals surface area contributed by atoms with E-state index < -0.39 is 23.1 Å². The lowest BCUT2D eigenvalue weighted by molar-refractivity contribution is -0.199. The zero-order valence-electron chi connectivity index (χ0n) is 19.0. The molecule has 1 N–H and O–H groups in total. The van der Waals surface area contributed by atoms with Crippen LogP contribution in [0.2, 0.25) is 0 Å². The van der Waals surface area contributed by atoms with Crippen molar-refractivity contribution in [3.05, 3.63) is 71.8 Å². The fourth-order valence-electron chi connectivity index (χ4n) is 6.20. The molecule has 1 saturated heterocycles. The average molecular weight is 453 g/mol. The van der Waals surface area contributed by atoms with Crippen molar-refractivity contribution in [2.75, 3.05) is 0 Å². The van der Waals surface area contributed by atoms with Crippen molar-refractivity contribution in [2.45, 2.75) is 63.4 Å². The molecule has 3 aliphatic carbocycles. The van der Waals surface area contributed by atoms with E-state index in [1.54, 1.807) is 0 Å². The van der Waals surface area contributed by atoms with Gasteiger partial charge < -0.3 is 9.31 Å². The number of benzene rings is 2. The fourth-order valence-corrected chi connectivity index (χ4v) is 7.57. The Morgan fingerprint density at radius 1 is 1.00 bits per heavy atom. The Balaban J connectivity index is 1.38. The van der Waals surface area contributed by atoms with Crippen molar-refractivity contribution in [1.82, 2.24) is 4.72 Å². The highest BCUT2D eigenvalue weighted by Gasteiger charge is 2.68. The maximum Gasteiger partial charge on any atom is 0.477 e. The summed E-state index contributed by atoms with van der Waals surface area (Å²) < 4.78 is 42.2. The van der Waals surface area contributed by atoms with Gasteiger partial charge in [-0.15, -0.1) is 0 Å². The second-order valence-corrected chi connectivity index (χ2v) is 12.2. The first kappa shape index (κ1) is 22.1. The van der Waals surface area contributed by atoms with Crippen LogP contribution in [0.25, 0.3) is 0 Å². The van der Waals surface area contributed by atoms with Crippen molar-refractivity contribution in [1.29, 1.82) is 0 Å². The summed E-state index contributed by atoms with van der Waals surface area (Å²) in [6.07, 6.45) is 2.67. The number of nitrogens with one attached hydrogen (secondary N) is 1. The second kappa shape index (κ2) is 7.98. The van der Waals surface area contributed by atoms with Gasteiger partial charge in [0.15, 0.2) is 0 Å². The number of sulfonamides is 1. The first-order valence-corrected chi connectivity index (χ1v) is 13.2. The highest BCUT2D eigenvalue weighted by molar-refractivity contribution is 7.88. The van der Waals surface area contributed by atoms with Gasteiger partial charge >= 0.3 is 7.12 Å². The molecule has 0 spiro atoms. The van der Waals surface area contributed by atoms with Crippen LogP contribution in [-0.2, 0) is 31.5 Å². The summed E-state index contributed by atoms with van der Waals surface area (Å²) in [6.45, 7) is 6.82. The molecule has 2 bridgehead atoms. The molecule has 0 aromatic heterocycles. The maximum atomic E-state index is 13.1. The molecule has 5 atom stereocenters. The van der Waals surface area contributed by atoms with Gasteiger partial charge in [-0.05, 0) is 54.6 Å². The van der Waals surface area contributed by atoms with E-state index in [0.29, 0.717) is 18.3 Å². The minimum absolute atomic E-state index is 0.0150. The van der Waals surface area contributed by atoms with Crippen LogP contribution in [0.15, 0.2) is 60.7 Å². The van der Waals surface area contributed by atoms with E-state index in [-0.39, 0.29) is 22.9 Å². The zero-order valence-corrected chi connectivity index (χ0v) is 19.8. The predicted molar refractivity (Wildman–Crippen MR) is 126 cm³/mol. The molecular weight excluding hydrogens is 421 g/mol. The molecule has 3 saturated carbocycles. The summed E-state index contributed by atoms with van der Waals surface area (Å²) in [4.78, 5) is 0. The molecular formula is C25H32BNO4S. The minimum atomic E-state index is -3.58. The lowest BCUT2D eigenvalue weighted by Crippen LogP contribution is -2.65. The van der Waals surface area contributed by atoms with Gasteiger partial charge in [0, 0.05) is 0 Å². The van der Waals surface area contributed by atoms with Gasteiger partial charge in [-0.2, -0.15) is 0 Å². The third-order valence-electron chi connectivity index (χ3n) is 8.13. The summed E-state index contributed by atoms with van der Waals surface area (Å²) in [7, 11) is -4.19. The molecule has 1 heterocycles. The van der Waals surface area contributed by atoms with Crippen molar-refractivity contribution in [2.24, 2.45) is 17.3 Å². The van der Waals surface area contributed by atoms with Crippen LogP contribution in [0.3, 0.4) is 0 Å². The molecule has 0 radical (unpaired) electrons. The summed E-state index contributed by atoms with van der Waals surface area (Å²) in [5.41, 5.74) is 1.68. The first-order valence-electron chi connectivity index (χ1n) is 11.6. The number of hydrogen-bond acceptors (Lipinski definition) is 4. The summed E-state index contributed by atoms with van der Waals surface area (Å²) >= 11 is 0. The van der Waals surface area contributed by atoms with E-state index in [2.05, 4.69) is 25.5 Å². The Labute approximate surface area is 192 Å². The average Bonchev–Trinajstić information content (AvgIpc) is 3.11. The van der Waals surface area contributed by atoms with Gasteiger partial charge in [0.1, 0.15) is 0 Å². The molecule has 2 aromatic carbocycles. The standard InChI is InChI=1S/C25H32BNO4S/c1-24(2)20-15-21(24)25(3)22(16-20)30-26(31-25)23(14-18-10-6-4-7-11-18)27-32(28,29)17-19-12-8-5-9-13-19/h4-13,20-23,27H,14-17H2,1-3H3/t20?,21?,22?,23-,25-/m0/s1. The highest BCUT2D eigenvalue weighted by Crippen LogP contribution is 2.65. The monoisotopic (exact) mass is 453 g/mol. The Bertz CT molecular complexity index is 1060. The van der Waals surface area contributed by atoms with Crippen molar-refractivity contribution >= 4 is 17.1 Å². The lowest BCUT2D eigenvalue weighted by Gasteiger charge is -2.64. The van der Waals surface area contributed by atoms with E-state index in [1.807, 2.05) is 60.7 Å². The van der Waals surface area contributed by atoms with Crippen LogP contribution in [0.4, 0.5) is 0 Å². The van der Waals surface area contributed by atoms with Gasteiger partial charge in [0.05, 0.1) is 23.4 Å². The quantitative estimate of drug-likeness (QED) is 0.645. The molecule has 32 heavy (non-hydrogen) atoms. The molecule has 170 valence electrons. The molecule has 0 amide bonds. The van der Waals surface area contributed by atoms with Crippen molar-refractivity contribution in [3.8, 4) is 0 Å². The van der Waals surface area contributed by atoms with E-state index in [0.717, 1.165) is 17.5 Å². The highest BCUT2D eigenvalue weighted by atomic mass is 32.2. The van der Waals surface area contributed by atoms with Crippen LogP contribution in [-0.4, -0.2) is 33.2 Å². The fraction of sp³-hybridized carbons (Fsp3) is 0.520. The molecule has 5 nitrogen and oxygen atoms in total. The SMILES string of the molecule is CC1(C)C2CC3OB([C@H](Cc4ccccc4)NS(=O)(=O)Cc4ccccc4)O[C@@]3(C)C1C2. The van der Waals surface area contributed by atoms with E-state index >= 15 is 0 Å². The van der Waals surface area contributed by atoms with E-state index in [4.69, 9.17) is 9.31 Å². The molecule has 4 aliphatic rings. The van der Waals surface area contributed by atoms with Crippen LogP contribution >= 0.6 is 0 Å². The smallest absolute Gasteiger partial charge is 0.404 e. The van der Waals surface area contributed by atoms with E-state index in [9.17, 15) is 8.42 Å². The normalized spacial score (nSPS) is 31.6. The zero-order chi connectivity index (χ0) is 22.6. The molecule has 2 aromatic rings. The van der Waals surface area contributed by atoms with Gasteiger partial charge in [0.25, 0.3) is 0 Å². The molecule has 7 heteroatoms. The van der Waals surface area contributed by atoms with Crippen LogP contribution in [0.5, 0.6) is 0 Å². The van der Waals surface area contributed by atoms with Crippen LogP contribution in [0.1, 0.15) is 44.7 Å². The summed E-state index contributed by atoms with van der Waals surface area (Å²) in [6, 6.07) is 19.2. The Morgan fingerprint density at radius 3 is 2.25 bits per heavy atom. The Kier molecular flexibility index (Phi) is 5.52. The third kappa shape index (κ3) is 3.94. The largest absolute Gasteiger partial charge is 0.477 e. The Morgan fingerprint density at radius 2 is 1.62 bits per heavy atom. The second-order valence-electron chi connectivity index (χ2n) is 10.5. The van der Waals surface area contributed by atoms with Gasteiger partial charge in [-0.3, -0.25) is 0 Å². The number of rotatable bonds is 7. The lowest BCUT2D eigenvalue weighted by atomic mass is 9.43. The molecule has 4 fully saturated rings. The first-order chi connectivity index (χ1) is 15.2. The van der Waals surface area contributed by atoms with Crippen molar-refractivity contribution < 1.29 is 17.7 Å². The van der Waals surface area contributed by atoms with Crippen LogP contribution < -0.4 is 4.72 Å². The molecule has 1 aliphatic heterocycles. The van der Waals surface area contributed by atoms with Crippen molar-refractivity contribution in [3.63, 3.8) is 0 Å². The minimum Gasteiger partial charge on any atom is -0.404 e. The predicted octanol–water partition coefficient (Wildman–Crippen LogP) is 3.98. The number of hydrogen-bond donors (Lipinski definition) is 1. The summed E-state index contributed by atoms with van der Waals surface area (Å²) in [5.74, 6) is 0.524. The maximum absolute atomic E-state index is 13.1. The molecule has 6 rings (SSSR count). The third-order valence-corrected chi connectivity index (χ3v) is 9.50. The van der Waals surface area contributed by atoms with Gasteiger partial charge in [-0.1, -0.05) is 74.5 Å². The Hall–Kier alpha value is -1.67. The molecule has 3 unspecified atom stereocenters. The van der Waals surface area contributed by atoms with Crippen LogP contribution in [0, 0.1) is 17.3 Å².